The van der Waals surface area contributed by atoms with Crippen molar-refractivity contribution in [2.75, 3.05) is 5.75 Å². The summed E-state index contributed by atoms with van der Waals surface area (Å²) in [5, 5.41) is 12.4. The van der Waals surface area contributed by atoms with Gasteiger partial charge in [0.2, 0.25) is 5.91 Å². The van der Waals surface area contributed by atoms with Crippen molar-refractivity contribution in [1.82, 2.24) is 29.6 Å². The molecule has 31 heavy (non-hydrogen) atoms. The smallest absolute Gasteiger partial charge is 0.231 e. The Kier molecular flexibility index (Phi) is 6.18. The number of rotatable bonds is 7. The van der Waals surface area contributed by atoms with Crippen molar-refractivity contribution in [1.29, 1.82) is 0 Å². The van der Waals surface area contributed by atoms with E-state index in [9.17, 15) is 4.79 Å². The zero-order valence-corrected chi connectivity index (χ0v) is 18.5. The average molecular weight is 433 g/mol. The number of aromatic nitrogens is 5. The molecule has 0 radical (unpaired) electrons. The van der Waals surface area contributed by atoms with Gasteiger partial charge in [0.1, 0.15) is 11.9 Å². The Balaban J connectivity index is 1.47. The summed E-state index contributed by atoms with van der Waals surface area (Å²) in [6, 6.07) is 17.6. The lowest BCUT2D eigenvalue weighted by Gasteiger charge is -2.19. The van der Waals surface area contributed by atoms with Crippen molar-refractivity contribution in [3.8, 4) is 11.4 Å². The fraction of sp³-hybridized carbons (Fsp3) is 0.217. The van der Waals surface area contributed by atoms with E-state index in [0.29, 0.717) is 5.16 Å². The summed E-state index contributed by atoms with van der Waals surface area (Å²) in [5.41, 5.74) is 3.15. The molecule has 2 heterocycles. The highest BCUT2D eigenvalue weighted by atomic mass is 32.2. The number of carbonyl (C=O) groups is 1. The van der Waals surface area contributed by atoms with Gasteiger partial charge >= 0.3 is 0 Å². The van der Waals surface area contributed by atoms with E-state index in [2.05, 4.69) is 20.5 Å². The molecule has 0 aliphatic carbocycles. The van der Waals surface area contributed by atoms with Crippen LogP contribution in [0.4, 0.5) is 0 Å². The molecule has 8 heteroatoms. The number of amides is 1. The maximum Gasteiger partial charge on any atom is 0.231 e. The Hall–Kier alpha value is -3.39. The molecule has 1 atom stereocenters. The van der Waals surface area contributed by atoms with Crippen LogP contribution in [-0.2, 0) is 18.9 Å². The molecule has 7 nitrogen and oxygen atoms in total. The van der Waals surface area contributed by atoms with Crippen LogP contribution in [0.15, 0.2) is 72.1 Å². The second-order valence-corrected chi connectivity index (χ2v) is 8.22. The summed E-state index contributed by atoms with van der Waals surface area (Å²) in [5.74, 6) is 1.71. The number of carbonyl (C=O) groups excluding carboxylic acids is 1. The van der Waals surface area contributed by atoms with Crippen LogP contribution in [0.25, 0.3) is 11.4 Å². The van der Waals surface area contributed by atoms with Gasteiger partial charge in [-0.3, -0.25) is 4.79 Å². The number of benzene rings is 2. The van der Waals surface area contributed by atoms with E-state index in [1.807, 2.05) is 90.9 Å². The number of aryl methyl sites for hydroxylation is 2. The van der Waals surface area contributed by atoms with Crippen molar-refractivity contribution in [2.45, 2.75) is 18.1 Å². The van der Waals surface area contributed by atoms with Gasteiger partial charge in [-0.25, -0.2) is 4.98 Å². The summed E-state index contributed by atoms with van der Waals surface area (Å²) < 4.78 is 3.84. The number of thioether (sulfide) groups is 1. The van der Waals surface area contributed by atoms with Crippen LogP contribution in [0.2, 0.25) is 0 Å². The van der Waals surface area contributed by atoms with E-state index in [0.717, 1.165) is 28.3 Å². The van der Waals surface area contributed by atoms with Gasteiger partial charge in [0.15, 0.2) is 11.0 Å². The zero-order valence-electron chi connectivity index (χ0n) is 17.7. The molecule has 1 N–H and O–H groups in total. The second-order valence-electron chi connectivity index (χ2n) is 7.28. The maximum atomic E-state index is 12.8. The van der Waals surface area contributed by atoms with Gasteiger partial charge in [0.25, 0.3) is 0 Å². The number of nitrogens with zero attached hydrogens (tertiary/aromatic N) is 5. The predicted octanol–water partition coefficient (Wildman–Crippen LogP) is 3.52. The van der Waals surface area contributed by atoms with E-state index in [1.54, 1.807) is 6.20 Å². The van der Waals surface area contributed by atoms with E-state index >= 15 is 0 Å². The van der Waals surface area contributed by atoms with Crippen LogP contribution in [0, 0.1) is 6.92 Å². The highest BCUT2D eigenvalue weighted by molar-refractivity contribution is 7.99. The number of hydrogen-bond donors (Lipinski definition) is 1. The Bertz CT molecular complexity index is 1180. The van der Waals surface area contributed by atoms with Crippen LogP contribution >= 0.6 is 11.8 Å². The number of hydrogen-bond acceptors (Lipinski definition) is 5. The first kappa shape index (κ1) is 20.9. The molecule has 0 bridgehead atoms. The lowest BCUT2D eigenvalue weighted by atomic mass is 10.1. The van der Waals surface area contributed by atoms with Crippen LogP contribution in [-0.4, -0.2) is 36.0 Å². The first-order valence-corrected chi connectivity index (χ1v) is 10.9. The molecule has 4 aromatic rings. The third kappa shape index (κ3) is 4.54. The SMILES string of the molecule is Cc1ccccc1-c1nnc(SCC(=O)N[C@@H](c2ccccc2)c2nccn2C)n1C. The molecule has 0 spiro atoms. The molecule has 2 aromatic heterocycles. The molecule has 1 amide bonds. The van der Waals surface area contributed by atoms with E-state index in [4.69, 9.17) is 0 Å². The lowest BCUT2D eigenvalue weighted by molar-refractivity contribution is -0.119. The van der Waals surface area contributed by atoms with Gasteiger partial charge in [0.05, 0.1) is 5.75 Å². The first-order valence-electron chi connectivity index (χ1n) is 9.94. The molecular weight excluding hydrogens is 408 g/mol. The van der Waals surface area contributed by atoms with E-state index < -0.39 is 0 Å². The van der Waals surface area contributed by atoms with Crippen molar-refractivity contribution in [3.63, 3.8) is 0 Å². The largest absolute Gasteiger partial charge is 0.341 e. The van der Waals surface area contributed by atoms with Gasteiger partial charge in [0, 0.05) is 32.1 Å². The maximum absolute atomic E-state index is 12.8. The summed E-state index contributed by atoms with van der Waals surface area (Å²) in [6.45, 7) is 2.05. The molecule has 0 saturated heterocycles. The Morgan fingerprint density at radius 2 is 1.81 bits per heavy atom. The van der Waals surface area contributed by atoms with Crippen molar-refractivity contribution in [2.24, 2.45) is 14.1 Å². The minimum absolute atomic E-state index is 0.0951. The van der Waals surface area contributed by atoms with Crippen LogP contribution in [0.5, 0.6) is 0 Å². The molecule has 158 valence electrons. The Morgan fingerprint density at radius 1 is 1.06 bits per heavy atom. The highest BCUT2D eigenvalue weighted by Crippen LogP contribution is 2.25. The topological polar surface area (TPSA) is 77.6 Å². The van der Waals surface area contributed by atoms with Gasteiger partial charge in [-0.1, -0.05) is 66.4 Å². The third-order valence-electron chi connectivity index (χ3n) is 5.11. The molecular formula is C23H24N6OS. The first-order chi connectivity index (χ1) is 15.0. The molecule has 0 fully saturated rings. The fourth-order valence-electron chi connectivity index (χ4n) is 3.43. The lowest BCUT2D eigenvalue weighted by Crippen LogP contribution is -2.32. The Labute approximate surface area is 185 Å². The molecule has 0 aliphatic rings. The fourth-order valence-corrected chi connectivity index (χ4v) is 4.15. The van der Waals surface area contributed by atoms with Crippen LogP contribution in [0.3, 0.4) is 0 Å². The number of imidazole rings is 1. The minimum Gasteiger partial charge on any atom is -0.341 e. The standard InChI is InChI=1S/C23H24N6OS/c1-16-9-7-8-12-18(16)21-26-27-23(29(21)3)31-15-19(30)25-20(17-10-5-4-6-11-17)22-24-13-14-28(22)2/h4-14,20H,15H2,1-3H3,(H,25,30)/t20-/m0/s1. The monoisotopic (exact) mass is 432 g/mol. The van der Waals surface area contributed by atoms with Gasteiger partial charge in [-0.15, -0.1) is 10.2 Å². The molecule has 4 rings (SSSR count). The quantitative estimate of drug-likeness (QED) is 0.452. The molecule has 0 aliphatic heterocycles. The third-order valence-corrected chi connectivity index (χ3v) is 6.13. The van der Waals surface area contributed by atoms with Crippen molar-refractivity contribution >= 4 is 17.7 Å². The summed E-state index contributed by atoms with van der Waals surface area (Å²) >= 11 is 1.37. The normalized spacial score (nSPS) is 12.0. The zero-order chi connectivity index (χ0) is 21.8. The summed E-state index contributed by atoms with van der Waals surface area (Å²) in [7, 11) is 3.84. The average Bonchev–Trinajstić information content (AvgIpc) is 3.37. The van der Waals surface area contributed by atoms with Crippen LogP contribution < -0.4 is 5.32 Å². The predicted molar refractivity (Wildman–Crippen MR) is 122 cm³/mol. The highest BCUT2D eigenvalue weighted by Gasteiger charge is 2.21. The Morgan fingerprint density at radius 3 is 2.52 bits per heavy atom. The minimum atomic E-state index is -0.323. The molecule has 0 unspecified atom stereocenters. The van der Waals surface area contributed by atoms with Crippen LogP contribution in [0.1, 0.15) is 23.0 Å². The second kappa shape index (κ2) is 9.18. The number of nitrogens with one attached hydrogen (secondary N) is 1. The van der Waals surface area contributed by atoms with Gasteiger partial charge < -0.3 is 14.5 Å². The van der Waals surface area contributed by atoms with Gasteiger partial charge in [-0.2, -0.15) is 0 Å². The summed E-state index contributed by atoms with van der Waals surface area (Å²) in [4.78, 5) is 17.3. The van der Waals surface area contributed by atoms with E-state index in [-0.39, 0.29) is 17.7 Å². The van der Waals surface area contributed by atoms with Crippen molar-refractivity contribution < 1.29 is 4.79 Å². The molecule has 2 aromatic carbocycles. The molecule has 0 saturated carbocycles. The van der Waals surface area contributed by atoms with E-state index in [1.165, 1.54) is 11.8 Å². The van der Waals surface area contributed by atoms with Gasteiger partial charge in [-0.05, 0) is 18.1 Å². The van der Waals surface area contributed by atoms with Crippen molar-refractivity contribution in [3.05, 3.63) is 83.9 Å². The summed E-state index contributed by atoms with van der Waals surface area (Å²) in [6.07, 6.45) is 3.61.